The minimum absolute atomic E-state index is 0.0118. The first-order chi connectivity index (χ1) is 8.46. The number of rotatable bonds is 3. The number of nitrogens with zero attached hydrogens (tertiary/aromatic N) is 1. The van der Waals surface area contributed by atoms with Gasteiger partial charge in [0.05, 0.1) is 6.54 Å². The van der Waals surface area contributed by atoms with Crippen LogP contribution >= 0.6 is 0 Å². The largest absolute Gasteiger partial charge is 0.401 e. The molecule has 2 nitrogen and oxygen atoms in total. The summed E-state index contributed by atoms with van der Waals surface area (Å²) in [5.41, 5.74) is 2.36. The van der Waals surface area contributed by atoms with Gasteiger partial charge in [-0.05, 0) is 31.1 Å². The fourth-order valence-corrected chi connectivity index (χ4v) is 2.44. The average Bonchev–Trinajstić information content (AvgIpc) is 2.27. The molecule has 1 atom stereocenters. The third-order valence-electron chi connectivity index (χ3n) is 3.16. The zero-order valence-electron chi connectivity index (χ0n) is 10.3. The van der Waals surface area contributed by atoms with Crippen LogP contribution in [0.4, 0.5) is 13.2 Å². The molecule has 1 N–H and O–H groups in total. The van der Waals surface area contributed by atoms with Crippen molar-refractivity contribution in [2.24, 2.45) is 0 Å². The Morgan fingerprint density at radius 3 is 2.78 bits per heavy atom. The van der Waals surface area contributed by atoms with Crippen molar-refractivity contribution in [1.29, 1.82) is 0 Å². The molecule has 0 saturated heterocycles. The van der Waals surface area contributed by atoms with Gasteiger partial charge in [-0.2, -0.15) is 13.2 Å². The Bertz CT molecular complexity index is 403. The van der Waals surface area contributed by atoms with E-state index in [-0.39, 0.29) is 6.04 Å². The molecule has 1 aliphatic heterocycles. The van der Waals surface area contributed by atoms with Crippen molar-refractivity contribution >= 4 is 0 Å². The summed E-state index contributed by atoms with van der Waals surface area (Å²) in [6.45, 7) is 0.325. The quantitative estimate of drug-likeness (QED) is 0.895. The molecule has 1 aromatic rings. The molecule has 5 heteroatoms. The molecule has 0 aromatic heterocycles. The summed E-state index contributed by atoms with van der Waals surface area (Å²) in [6, 6.07) is 7.94. The molecule has 1 heterocycles. The lowest BCUT2D eigenvalue weighted by atomic mass is 9.94. The highest BCUT2D eigenvalue weighted by atomic mass is 19.4. The first-order valence-corrected chi connectivity index (χ1v) is 6.02. The van der Waals surface area contributed by atoms with Crippen LogP contribution in [0.1, 0.15) is 17.2 Å². The van der Waals surface area contributed by atoms with Gasteiger partial charge in [-0.3, -0.25) is 4.90 Å². The van der Waals surface area contributed by atoms with Gasteiger partial charge in [0.2, 0.25) is 0 Å². The summed E-state index contributed by atoms with van der Waals surface area (Å²) in [7, 11) is 1.51. The van der Waals surface area contributed by atoms with E-state index in [2.05, 4.69) is 5.32 Å². The van der Waals surface area contributed by atoms with Gasteiger partial charge in [0.1, 0.15) is 0 Å². The van der Waals surface area contributed by atoms with E-state index in [4.69, 9.17) is 0 Å². The van der Waals surface area contributed by atoms with Crippen LogP contribution in [0, 0.1) is 0 Å². The van der Waals surface area contributed by atoms with Crippen molar-refractivity contribution in [3.63, 3.8) is 0 Å². The van der Waals surface area contributed by atoms with Crippen LogP contribution in [0.25, 0.3) is 0 Å². The van der Waals surface area contributed by atoms with Crippen LogP contribution in [-0.4, -0.2) is 37.8 Å². The molecule has 0 amide bonds. The molecular formula is C13H17F3N2. The van der Waals surface area contributed by atoms with Crippen molar-refractivity contribution in [1.82, 2.24) is 10.2 Å². The number of fused-ring (bicyclic) bond motifs is 1. The summed E-state index contributed by atoms with van der Waals surface area (Å²) in [6.07, 6.45) is -3.20. The summed E-state index contributed by atoms with van der Waals surface area (Å²) in [5, 5.41) is 3.28. The number of hydrogen-bond acceptors (Lipinski definition) is 2. The number of nitrogens with one attached hydrogen (secondary N) is 1. The van der Waals surface area contributed by atoms with Crippen molar-refractivity contribution in [2.45, 2.75) is 18.6 Å². The first kappa shape index (κ1) is 13.4. The van der Waals surface area contributed by atoms with Crippen molar-refractivity contribution < 1.29 is 13.2 Å². The normalized spacial score (nSPS) is 19.9. The Morgan fingerprint density at radius 2 is 2.06 bits per heavy atom. The summed E-state index contributed by atoms with van der Waals surface area (Å²) < 4.78 is 36.9. The smallest absolute Gasteiger partial charge is 0.309 e. The highest BCUT2D eigenvalue weighted by Gasteiger charge is 2.30. The Kier molecular flexibility index (Phi) is 3.92. The second kappa shape index (κ2) is 5.28. The second-order valence-corrected chi connectivity index (χ2v) is 4.77. The summed E-state index contributed by atoms with van der Waals surface area (Å²) in [4.78, 5) is 1.32. The Labute approximate surface area is 105 Å². The predicted molar refractivity (Wildman–Crippen MR) is 64.4 cm³/mol. The zero-order chi connectivity index (χ0) is 13.2. The van der Waals surface area contributed by atoms with Gasteiger partial charge < -0.3 is 5.32 Å². The highest BCUT2D eigenvalue weighted by molar-refractivity contribution is 5.32. The standard InChI is InChI=1S/C13H17F3N2/c1-18(9-13(14,15)16)8-12-11-5-3-2-4-10(11)6-7-17-12/h2-5,12,17H,6-9H2,1H3. The van der Waals surface area contributed by atoms with Crippen molar-refractivity contribution in [3.05, 3.63) is 35.4 Å². The van der Waals surface area contributed by atoms with E-state index in [1.165, 1.54) is 17.5 Å². The molecule has 0 radical (unpaired) electrons. The average molecular weight is 258 g/mol. The molecule has 0 saturated carbocycles. The maximum absolute atomic E-state index is 12.3. The Hall–Kier alpha value is -1.07. The van der Waals surface area contributed by atoms with Gasteiger partial charge in [-0.25, -0.2) is 0 Å². The lowest BCUT2D eigenvalue weighted by molar-refractivity contribution is -0.143. The van der Waals surface area contributed by atoms with Gasteiger partial charge in [0, 0.05) is 12.6 Å². The van der Waals surface area contributed by atoms with Crippen LogP contribution in [0.5, 0.6) is 0 Å². The van der Waals surface area contributed by atoms with Crippen LogP contribution in [-0.2, 0) is 6.42 Å². The Balaban J connectivity index is 2.03. The highest BCUT2D eigenvalue weighted by Crippen LogP contribution is 2.24. The van der Waals surface area contributed by atoms with Crippen LogP contribution in [0.2, 0.25) is 0 Å². The van der Waals surface area contributed by atoms with Crippen LogP contribution < -0.4 is 5.32 Å². The molecule has 18 heavy (non-hydrogen) atoms. The van der Waals surface area contributed by atoms with Gasteiger partial charge in [-0.1, -0.05) is 24.3 Å². The third-order valence-corrected chi connectivity index (χ3v) is 3.16. The number of hydrogen-bond donors (Lipinski definition) is 1. The van der Waals surface area contributed by atoms with Gasteiger partial charge in [-0.15, -0.1) is 0 Å². The molecule has 0 bridgehead atoms. The second-order valence-electron chi connectivity index (χ2n) is 4.77. The van der Waals surface area contributed by atoms with Gasteiger partial charge in [0.25, 0.3) is 0 Å². The molecule has 0 spiro atoms. The maximum atomic E-state index is 12.3. The fourth-order valence-electron chi connectivity index (χ4n) is 2.44. The monoisotopic (exact) mass is 258 g/mol. The topological polar surface area (TPSA) is 15.3 Å². The maximum Gasteiger partial charge on any atom is 0.401 e. The van der Waals surface area contributed by atoms with Gasteiger partial charge >= 0.3 is 6.18 Å². The first-order valence-electron chi connectivity index (χ1n) is 6.02. The van der Waals surface area contributed by atoms with Crippen LogP contribution in [0.15, 0.2) is 24.3 Å². The molecule has 1 aromatic carbocycles. The van der Waals surface area contributed by atoms with Crippen molar-refractivity contribution in [3.8, 4) is 0 Å². The minimum Gasteiger partial charge on any atom is -0.309 e. The lowest BCUT2D eigenvalue weighted by Crippen LogP contribution is -2.40. The number of halogens is 3. The zero-order valence-corrected chi connectivity index (χ0v) is 10.3. The molecule has 0 aliphatic carbocycles. The number of likely N-dealkylation sites (N-methyl/N-ethyl adjacent to an activating group) is 1. The third kappa shape index (κ3) is 3.46. The van der Waals surface area contributed by atoms with E-state index in [0.29, 0.717) is 6.54 Å². The van der Waals surface area contributed by atoms with E-state index in [1.54, 1.807) is 0 Å². The van der Waals surface area contributed by atoms with E-state index in [0.717, 1.165) is 18.5 Å². The molecule has 2 rings (SSSR count). The van der Waals surface area contributed by atoms with E-state index < -0.39 is 12.7 Å². The van der Waals surface area contributed by atoms with Gasteiger partial charge in [0.15, 0.2) is 0 Å². The Morgan fingerprint density at radius 1 is 1.33 bits per heavy atom. The number of benzene rings is 1. The molecule has 1 aliphatic rings. The van der Waals surface area contributed by atoms with E-state index in [9.17, 15) is 13.2 Å². The lowest BCUT2D eigenvalue weighted by Gasteiger charge is -2.30. The summed E-state index contributed by atoms with van der Waals surface area (Å²) >= 11 is 0. The summed E-state index contributed by atoms with van der Waals surface area (Å²) in [5.74, 6) is 0. The molecular weight excluding hydrogens is 241 g/mol. The van der Waals surface area contributed by atoms with E-state index in [1.807, 2.05) is 24.3 Å². The van der Waals surface area contributed by atoms with Crippen LogP contribution in [0.3, 0.4) is 0 Å². The van der Waals surface area contributed by atoms with E-state index >= 15 is 0 Å². The SMILES string of the molecule is CN(CC1NCCc2ccccc21)CC(F)(F)F. The molecule has 1 unspecified atom stereocenters. The molecule has 0 fully saturated rings. The minimum atomic E-state index is -4.14. The van der Waals surface area contributed by atoms with Crippen molar-refractivity contribution in [2.75, 3.05) is 26.7 Å². The predicted octanol–water partition coefficient (Wildman–Crippen LogP) is 2.37. The molecule has 100 valence electrons. The number of alkyl halides is 3. The fraction of sp³-hybridized carbons (Fsp3) is 0.538.